The van der Waals surface area contributed by atoms with Gasteiger partial charge in [-0.25, -0.2) is 4.99 Å². The van der Waals surface area contributed by atoms with Crippen LogP contribution in [0.1, 0.15) is 28.4 Å². The Kier molecular flexibility index (Phi) is 5.63. The van der Waals surface area contributed by atoms with E-state index in [0.717, 1.165) is 28.8 Å². The maximum Gasteiger partial charge on any atom is 0.416 e. The summed E-state index contributed by atoms with van der Waals surface area (Å²) < 4.78 is 53.4. The Morgan fingerprint density at radius 1 is 0.842 bits per heavy atom. The Morgan fingerprint density at radius 2 is 1.50 bits per heavy atom. The van der Waals surface area contributed by atoms with Crippen molar-refractivity contribution in [1.82, 2.24) is 20.2 Å². The molecule has 0 bridgehead atoms. The van der Waals surface area contributed by atoms with Crippen LogP contribution in [-0.2, 0) is 6.18 Å². The van der Waals surface area contributed by atoms with Crippen LogP contribution in [0.3, 0.4) is 0 Å². The van der Waals surface area contributed by atoms with E-state index in [0.29, 0.717) is 28.7 Å². The number of benzene rings is 3. The number of halogens is 3. The van der Waals surface area contributed by atoms with Crippen molar-refractivity contribution in [3.05, 3.63) is 95.3 Å². The van der Waals surface area contributed by atoms with E-state index < -0.39 is 23.8 Å². The van der Waals surface area contributed by atoms with Gasteiger partial charge in [-0.3, -0.25) is 0 Å². The summed E-state index contributed by atoms with van der Waals surface area (Å²) >= 11 is 0. The van der Waals surface area contributed by atoms with Crippen molar-refractivity contribution in [2.24, 2.45) is 4.99 Å². The molecule has 0 saturated carbocycles. The summed E-state index contributed by atoms with van der Waals surface area (Å²) in [5.74, 6) is 1.41. The first kappa shape index (κ1) is 23.7. The number of aliphatic imine (C=N–C) groups is 1. The minimum atomic E-state index is -4.50. The molecule has 2 atom stereocenters. The van der Waals surface area contributed by atoms with Crippen LogP contribution in [-0.4, -0.2) is 46.9 Å². The van der Waals surface area contributed by atoms with Crippen molar-refractivity contribution in [3.8, 4) is 11.5 Å². The number of methoxy groups -OCH3 is 2. The first-order valence-electron chi connectivity index (χ1n) is 11.7. The Labute approximate surface area is 215 Å². The maximum atomic E-state index is 13.7. The van der Waals surface area contributed by atoms with E-state index in [2.05, 4.69) is 15.5 Å². The monoisotopic (exact) mass is 518 g/mol. The summed E-state index contributed by atoms with van der Waals surface area (Å²) in [6.07, 6.45) is -3.62. The van der Waals surface area contributed by atoms with Crippen LogP contribution in [0.25, 0.3) is 11.3 Å². The van der Waals surface area contributed by atoms with E-state index >= 15 is 0 Å². The van der Waals surface area contributed by atoms with Crippen LogP contribution in [0.2, 0.25) is 0 Å². The second-order valence-electron chi connectivity index (χ2n) is 8.77. The molecule has 0 aliphatic carbocycles. The molecule has 11 heteroatoms. The van der Waals surface area contributed by atoms with Gasteiger partial charge in [0.25, 0.3) is 0 Å². The number of ether oxygens (including phenoxy) is 2. The third-order valence-electron chi connectivity index (χ3n) is 6.71. The zero-order chi connectivity index (χ0) is 26.4. The number of tetrazole rings is 1. The molecule has 192 valence electrons. The van der Waals surface area contributed by atoms with Crippen LogP contribution in [0.5, 0.6) is 11.5 Å². The van der Waals surface area contributed by atoms with Gasteiger partial charge >= 0.3 is 6.18 Å². The van der Waals surface area contributed by atoms with E-state index in [1.807, 2.05) is 53.4 Å². The number of nitrogens with zero attached hydrogens (tertiary/aromatic N) is 6. The van der Waals surface area contributed by atoms with E-state index in [1.54, 1.807) is 20.3 Å². The highest BCUT2D eigenvalue weighted by atomic mass is 19.4. The highest BCUT2D eigenvalue weighted by molar-refractivity contribution is 6.04. The third-order valence-corrected chi connectivity index (χ3v) is 6.71. The highest BCUT2D eigenvalue weighted by Crippen LogP contribution is 2.52. The topological polar surface area (TPSA) is 77.7 Å². The van der Waals surface area contributed by atoms with Crippen LogP contribution >= 0.6 is 0 Å². The summed E-state index contributed by atoms with van der Waals surface area (Å²) in [6, 6.07) is 20.1. The van der Waals surface area contributed by atoms with Crippen molar-refractivity contribution in [2.75, 3.05) is 19.1 Å². The van der Waals surface area contributed by atoms with Gasteiger partial charge in [-0.2, -0.15) is 17.9 Å². The smallest absolute Gasteiger partial charge is 0.416 e. The van der Waals surface area contributed by atoms with Crippen molar-refractivity contribution in [3.63, 3.8) is 0 Å². The average Bonchev–Trinajstić information content (AvgIpc) is 3.55. The molecule has 3 heterocycles. The quantitative estimate of drug-likeness (QED) is 0.366. The number of rotatable bonds is 5. The Bertz CT molecular complexity index is 1540. The fraction of sp³-hybridized carbons (Fsp3) is 0.185. The number of hydrogen-bond acceptors (Lipinski definition) is 7. The molecule has 4 aromatic rings. The normalized spacial score (nSPS) is 18.4. The van der Waals surface area contributed by atoms with E-state index in [9.17, 15) is 13.2 Å². The second-order valence-corrected chi connectivity index (χ2v) is 8.77. The molecule has 1 aromatic heterocycles. The van der Waals surface area contributed by atoms with Gasteiger partial charge in [-0.05, 0) is 81.7 Å². The van der Waals surface area contributed by atoms with Crippen molar-refractivity contribution >= 4 is 23.3 Å². The number of fused-ring (bicyclic) bond motifs is 3. The number of alkyl halides is 3. The average molecular weight is 518 g/mol. The molecule has 0 fully saturated rings. The summed E-state index contributed by atoms with van der Waals surface area (Å²) in [7, 11) is 3.16. The number of aromatic nitrogens is 4. The molecule has 2 aliphatic heterocycles. The highest BCUT2D eigenvalue weighted by Gasteiger charge is 2.47. The second kappa shape index (κ2) is 9.02. The predicted molar refractivity (Wildman–Crippen MR) is 135 cm³/mol. The van der Waals surface area contributed by atoms with Crippen LogP contribution < -0.4 is 14.4 Å². The van der Waals surface area contributed by atoms with Gasteiger partial charge < -0.3 is 14.4 Å². The summed E-state index contributed by atoms with van der Waals surface area (Å²) in [5, 5.41) is 12.1. The van der Waals surface area contributed by atoms with Gasteiger partial charge in [0.2, 0.25) is 0 Å². The molecular formula is C27H21F3N6O2. The summed E-state index contributed by atoms with van der Waals surface area (Å²) in [6.45, 7) is 0. The number of hydrogen-bond donors (Lipinski definition) is 0. The van der Waals surface area contributed by atoms with E-state index in [1.165, 1.54) is 17.1 Å². The van der Waals surface area contributed by atoms with Gasteiger partial charge in [0.05, 0.1) is 31.4 Å². The lowest BCUT2D eigenvalue weighted by Crippen LogP contribution is -2.35. The van der Waals surface area contributed by atoms with Crippen LogP contribution in [0.4, 0.5) is 18.9 Å². The van der Waals surface area contributed by atoms with Crippen molar-refractivity contribution < 1.29 is 22.6 Å². The van der Waals surface area contributed by atoms with Crippen LogP contribution in [0, 0.1) is 0 Å². The fourth-order valence-electron chi connectivity index (χ4n) is 4.99. The Balaban J connectivity index is 1.64. The molecule has 0 radical (unpaired) electrons. The number of anilines is 1. The predicted octanol–water partition coefficient (Wildman–Crippen LogP) is 5.10. The molecule has 0 spiro atoms. The maximum absolute atomic E-state index is 13.7. The molecule has 8 nitrogen and oxygen atoms in total. The summed E-state index contributed by atoms with van der Waals surface area (Å²) in [4.78, 5) is 6.55. The zero-order valence-electron chi connectivity index (χ0n) is 20.3. The minimum absolute atomic E-state index is 0.349. The standard InChI is InChI=1S/C27H21F3N6O2/c1-37-20-10-6-16(7-11-20)22-23-25(31-15-35-26(23)32-33-34-35)36(19-5-3-4-18(14-19)27(28,29)30)24(22)17-8-12-21(38-2)13-9-17/h3-15,23,25H,1-2H3. The molecule has 0 N–H and O–H groups in total. The summed E-state index contributed by atoms with van der Waals surface area (Å²) in [5.41, 5.74) is 2.74. The molecule has 6 rings (SSSR count). The SMILES string of the molecule is COc1ccc(C2=C(c3ccc(OC)cc3)N(c3cccc(C(F)(F)F)c3)C3N=Cn4nnnc4C23)cc1. The van der Waals surface area contributed by atoms with Crippen molar-refractivity contribution in [1.29, 1.82) is 0 Å². The van der Waals surface area contributed by atoms with E-state index in [4.69, 9.17) is 14.5 Å². The first-order valence-corrected chi connectivity index (χ1v) is 11.7. The van der Waals surface area contributed by atoms with E-state index in [-0.39, 0.29) is 0 Å². The van der Waals surface area contributed by atoms with Gasteiger partial charge in [0, 0.05) is 5.69 Å². The first-order chi connectivity index (χ1) is 18.4. The van der Waals surface area contributed by atoms with Gasteiger partial charge in [0.15, 0.2) is 5.82 Å². The molecule has 0 amide bonds. The van der Waals surface area contributed by atoms with Gasteiger partial charge in [-0.15, -0.1) is 5.10 Å². The Morgan fingerprint density at radius 3 is 2.13 bits per heavy atom. The molecule has 2 unspecified atom stereocenters. The fourth-order valence-corrected chi connectivity index (χ4v) is 4.99. The lowest BCUT2D eigenvalue weighted by atomic mass is 9.89. The molecule has 38 heavy (non-hydrogen) atoms. The lowest BCUT2D eigenvalue weighted by Gasteiger charge is -2.31. The minimum Gasteiger partial charge on any atom is -0.497 e. The van der Waals surface area contributed by atoms with Gasteiger partial charge in [-0.1, -0.05) is 18.2 Å². The van der Waals surface area contributed by atoms with Gasteiger partial charge in [0.1, 0.15) is 24.0 Å². The Hall–Kier alpha value is -4.67. The zero-order valence-corrected chi connectivity index (χ0v) is 20.3. The largest absolute Gasteiger partial charge is 0.497 e. The van der Waals surface area contributed by atoms with Crippen molar-refractivity contribution in [2.45, 2.75) is 18.3 Å². The molecule has 2 aliphatic rings. The lowest BCUT2D eigenvalue weighted by molar-refractivity contribution is -0.137. The third kappa shape index (κ3) is 3.87. The molecule has 3 aromatic carbocycles. The van der Waals surface area contributed by atoms with Crippen LogP contribution in [0.15, 0.2) is 77.8 Å². The molecular weight excluding hydrogens is 497 g/mol. The molecule has 0 saturated heterocycles.